The predicted octanol–water partition coefficient (Wildman–Crippen LogP) is 5.31. The van der Waals surface area contributed by atoms with Gasteiger partial charge in [-0.3, -0.25) is 9.36 Å². The van der Waals surface area contributed by atoms with E-state index >= 15 is 0 Å². The zero-order chi connectivity index (χ0) is 23.7. The molecule has 3 unspecified atom stereocenters. The van der Waals surface area contributed by atoms with Crippen LogP contribution in [-0.4, -0.2) is 33.7 Å². The molecule has 5 rings (SSSR count). The summed E-state index contributed by atoms with van der Waals surface area (Å²) >= 11 is 0. The Hall–Kier alpha value is -2.73. The lowest BCUT2D eigenvalue weighted by Crippen LogP contribution is -2.41. The van der Waals surface area contributed by atoms with Gasteiger partial charge in [0, 0.05) is 35.4 Å². The molecule has 1 N–H and O–H groups in total. The number of pyridine rings is 1. The van der Waals surface area contributed by atoms with Gasteiger partial charge >= 0.3 is 0 Å². The number of nitrogens with zero attached hydrogens (tertiary/aromatic N) is 4. The molecule has 2 aliphatic rings. The van der Waals surface area contributed by atoms with Gasteiger partial charge in [-0.25, -0.2) is 4.98 Å². The van der Waals surface area contributed by atoms with E-state index < -0.39 is 0 Å². The van der Waals surface area contributed by atoms with Crippen molar-refractivity contribution >= 4 is 22.7 Å². The molecule has 180 valence electrons. The Morgan fingerprint density at radius 1 is 1.03 bits per heavy atom. The standard InChI is InChI=1S/C28H37N5O/c1-19(2)24-11-9-20(3)17-25(24)33-26(34)12-10-21-18-30-28(31-27(21)33)32(22-7-5-4-6-8-22)23-13-15-29-16-14-23/h4-8,10,12,18-20,23-25,29H,9,11,13-17H2,1-3H3. The Bertz CT molecular complexity index is 1170. The van der Waals surface area contributed by atoms with Gasteiger partial charge in [0.25, 0.3) is 5.56 Å². The second-order valence-corrected chi connectivity index (χ2v) is 10.6. The molecule has 1 saturated heterocycles. The van der Waals surface area contributed by atoms with Crippen LogP contribution in [0.4, 0.5) is 11.6 Å². The van der Waals surface area contributed by atoms with Gasteiger partial charge in [-0.2, -0.15) is 4.98 Å². The summed E-state index contributed by atoms with van der Waals surface area (Å²) in [5.41, 5.74) is 1.93. The van der Waals surface area contributed by atoms with Gasteiger partial charge < -0.3 is 10.2 Å². The third-order valence-corrected chi connectivity index (χ3v) is 7.90. The van der Waals surface area contributed by atoms with Crippen molar-refractivity contribution in [1.29, 1.82) is 0 Å². The summed E-state index contributed by atoms with van der Waals surface area (Å²) in [5, 5.41) is 4.40. The van der Waals surface area contributed by atoms with E-state index in [4.69, 9.17) is 9.97 Å². The van der Waals surface area contributed by atoms with Crippen LogP contribution in [0.1, 0.15) is 58.9 Å². The average Bonchev–Trinajstić information content (AvgIpc) is 2.85. The van der Waals surface area contributed by atoms with E-state index in [0.29, 0.717) is 29.7 Å². The second kappa shape index (κ2) is 9.87. The Kier molecular flexibility index (Phi) is 6.68. The maximum absolute atomic E-state index is 13.3. The number of hydrogen-bond acceptors (Lipinski definition) is 5. The number of hydrogen-bond donors (Lipinski definition) is 1. The lowest BCUT2D eigenvalue weighted by atomic mass is 9.74. The van der Waals surface area contributed by atoms with Gasteiger partial charge in [-0.15, -0.1) is 0 Å². The number of benzene rings is 1. The van der Waals surface area contributed by atoms with Crippen molar-refractivity contribution in [3.05, 3.63) is 59.0 Å². The number of para-hydroxylation sites is 1. The van der Waals surface area contributed by atoms with Crippen LogP contribution >= 0.6 is 0 Å². The summed E-state index contributed by atoms with van der Waals surface area (Å²) in [6.45, 7) is 8.87. The van der Waals surface area contributed by atoms with Crippen LogP contribution in [0.5, 0.6) is 0 Å². The summed E-state index contributed by atoms with van der Waals surface area (Å²) in [4.78, 5) is 25.6. The summed E-state index contributed by atoms with van der Waals surface area (Å²) in [7, 11) is 0. The first-order valence-electron chi connectivity index (χ1n) is 13.0. The fraction of sp³-hybridized carbons (Fsp3) is 0.536. The van der Waals surface area contributed by atoms with Crippen molar-refractivity contribution < 1.29 is 0 Å². The van der Waals surface area contributed by atoms with E-state index in [-0.39, 0.29) is 11.6 Å². The molecule has 1 aliphatic carbocycles. The molecule has 6 heteroatoms. The second-order valence-electron chi connectivity index (χ2n) is 10.6. The van der Waals surface area contributed by atoms with Gasteiger partial charge in [0.15, 0.2) is 0 Å². The lowest BCUT2D eigenvalue weighted by Gasteiger charge is -2.39. The molecule has 3 heterocycles. The molecule has 1 aliphatic heterocycles. The van der Waals surface area contributed by atoms with Crippen LogP contribution < -0.4 is 15.8 Å². The molecule has 3 atom stereocenters. The predicted molar refractivity (Wildman–Crippen MR) is 139 cm³/mol. The number of aromatic nitrogens is 3. The van der Waals surface area contributed by atoms with Crippen LogP contribution in [0.3, 0.4) is 0 Å². The molecule has 0 bridgehead atoms. The van der Waals surface area contributed by atoms with Gasteiger partial charge in [-0.1, -0.05) is 45.4 Å². The van der Waals surface area contributed by atoms with E-state index in [1.807, 2.05) is 22.9 Å². The van der Waals surface area contributed by atoms with E-state index in [1.165, 1.54) is 6.42 Å². The Balaban J connectivity index is 1.65. The first-order chi connectivity index (χ1) is 16.5. The van der Waals surface area contributed by atoms with Gasteiger partial charge in [0.05, 0.1) is 0 Å². The Morgan fingerprint density at radius 3 is 2.53 bits per heavy atom. The molecule has 2 aromatic heterocycles. The van der Waals surface area contributed by atoms with Crippen molar-refractivity contribution in [2.24, 2.45) is 17.8 Å². The topological polar surface area (TPSA) is 63.1 Å². The van der Waals surface area contributed by atoms with Crippen LogP contribution in [0.2, 0.25) is 0 Å². The van der Waals surface area contributed by atoms with Gasteiger partial charge in [0.1, 0.15) is 5.65 Å². The quantitative estimate of drug-likeness (QED) is 0.560. The number of piperidine rings is 1. The van der Waals surface area contributed by atoms with Crippen LogP contribution in [0, 0.1) is 17.8 Å². The highest BCUT2D eigenvalue weighted by atomic mass is 16.1. The molecule has 0 radical (unpaired) electrons. The van der Waals surface area contributed by atoms with Crippen molar-refractivity contribution in [1.82, 2.24) is 19.9 Å². The van der Waals surface area contributed by atoms with E-state index in [9.17, 15) is 4.79 Å². The Labute approximate surface area is 202 Å². The van der Waals surface area contributed by atoms with Gasteiger partial charge in [0.2, 0.25) is 5.95 Å². The first-order valence-corrected chi connectivity index (χ1v) is 13.0. The Morgan fingerprint density at radius 2 is 1.79 bits per heavy atom. The molecule has 3 aromatic rings. The number of nitrogens with one attached hydrogen (secondary N) is 1. The molecule has 1 aromatic carbocycles. The highest BCUT2D eigenvalue weighted by Gasteiger charge is 2.34. The van der Waals surface area contributed by atoms with Crippen molar-refractivity contribution in [3.8, 4) is 0 Å². The minimum Gasteiger partial charge on any atom is -0.317 e. The number of rotatable bonds is 5. The average molecular weight is 460 g/mol. The van der Waals surface area contributed by atoms with Gasteiger partial charge in [-0.05, 0) is 74.7 Å². The van der Waals surface area contributed by atoms with E-state index in [0.717, 1.165) is 55.5 Å². The zero-order valence-electron chi connectivity index (χ0n) is 20.7. The third-order valence-electron chi connectivity index (χ3n) is 7.90. The first kappa shape index (κ1) is 23.0. The highest BCUT2D eigenvalue weighted by Crippen LogP contribution is 2.41. The van der Waals surface area contributed by atoms with Crippen molar-refractivity contribution in [3.63, 3.8) is 0 Å². The molecule has 34 heavy (non-hydrogen) atoms. The fourth-order valence-corrected chi connectivity index (χ4v) is 6.06. The molecule has 2 fully saturated rings. The van der Waals surface area contributed by atoms with Crippen molar-refractivity contribution in [2.75, 3.05) is 18.0 Å². The highest BCUT2D eigenvalue weighted by molar-refractivity contribution is 5.76. The largest absolute Gasteiger partial charge is 0.317 e. The molecule has 1 saturated carbocycles. The van der Waals surface area contributed by atoms with Crippen LogP contribution in [-0.2, 0) is 0 Å². The maximum atomic E-state index is 13.3. The maximum Gasteiger partial charge on any atom is 0.252 e. The number of anilines is 2. The summed E-state index contributed by atoms with van der Waals surface area (Å²) in [6.07, 6.45) is 7.39. The van der Waals surface area contributed by atoms with Crippen molar-refractivity contribution in [2.45, 2.75) is 65.0 Å². The third kappa shape index (κ3) is 4.48. The van der Waals surface area contributed by atoms with E-state index in [2.05, 4.69) is 55.3 Å². The number of fused-ring (bicyclic) bond motifs is 1. The normalized spacial score (nSPS) is 23.9. The van der Waals surface area contributed by atoms with Crippen LogP contribution in [0.25, 0.3) is 11.0 Å². The smallest absolute Gasteiger partial charge is 0.252 e. The summed E-state index contributed by atoms with van der Waals surface area (Å²) in [5.74, 6) is 2.30. The molecular weight excluding hydrogens is 422 g/mol. The molecule has 0 amide bonds. The monoisotopic (exact) mass is 459 g/mol. The van der Waals surface area contributed by atoms with E-state index in [1.54, 1.807) is 6.07 Å². The SMILES string of the molecule is CC1CCC(C(C)C)C(n2c(=O)ccc3cnc(N(c4ccccc4)C4CCNCC4)nc32)C1. The lowest BCUT2D eigenvalue weighted by molar-refractivity contribution is 0.149. The minimum absolute atomic E-state index is 0.0510. The molecular formula is C28H37N5O. The molecule has 6 nitrogen and oxygen atoms in total. The fourth-order valence-electron chi connectivity index (χ4n) is 6.06. The zero-order valence-corrected chi connectivity index (χ0v) is 20.7. The van der Waals surface area contributed by atoms with Crippen LogP contribution in [0.15, 0.2) is 53.5 Å². The summed E-state index contributed by atoms with van der Waals surface area (Å²) in [6, 6.07) is 14.5. The minimum atomic E-state index is 0.0510. The molecule has 0 spiro atoms. The summed E-state index contributed by atoms with van der Waals surface area (Å²) < 4.78 is 2.01.